The Balaban J connectivity index is 2.60. The number of ether oxygens (including phenoxy) is 1. The van der Waals surface area contributed by atoms with Crippen molar-refractivity contribution in [2.24, 2.45) is 0 Å². The molecule has 5 heteroatoms. The van der Waals surface area contributed by atoms with Crippen molar-refractivity contribution < 1.29 is 18.3 Å². The van der Waals surface area contributed by atoms with Gasteiger partial charge in [0, 0.05) is 0 Å². The Morgan fingerprint density at radius 1 is 1.40 bits per heavy atom. The summed E-state index contributed by atoms with van der Waals surface area (Å²) in [4.78, 5) is 7.74. The third-order valence-corrected chi connectivity index (χ3v) is 3.58. The second-order valence-corrected chi connectivity index (χ2v) is 5.48. The van der Waals surface area contributed by atoms with Crippen LogP contribution in [0.1, 0.15) is 6.42 Å². The molecule has 0 fully saturated rings. The number of hydrogen-bond acceptors (Lipinski definition) is 2. The summed E-state index contributed by atoms with van der Waals surface area (Å²) in [6, 6.07) is 8.42. The number of methoxy groups -OCH3 is 1. The molecule has 1 aromatic carbocycles. The Bertz CT molecular complexity index is 327. The minimum atomic E-state index is -2.98. The van der Waals surface area contributed by atoms with E-state index in [9.17, 15) is 13.6 Å². The van der Waals surface area contributed by atoms with Crippen molar-refractivity contribution in [2.75, 3.05) is 7.11 Å². The van der Waals surface area contributed by atoms with E-state index in [2.05, 4.69) is 4.74 Å². The van der Waals surface area contributed by atoms with Crippen LogP contribution in [0.25, 0.3) is 0 Å². The van der Waals surface area contributed by atoms with Gasteiger partial charge in [-0.2, -0.15) is 0 Å². The van der Waals surface area contributed by atoms with E-state index in [1.165, 1.54) is 0 Å². The predicted molar refractivity (Wildman–Crippen MR) is 53.4 cm³/mol. The van der Waals surface area contributed by atoms with Crippen molar-refractivity contribution in [1.29, 1.82) is 0 Å². The van der Waals surface area contributed by atoms with Crippen molar-refractivity contribution in [1.82, 2.24) is 0 Å². The van der Waals surface area contributed by atoms with Gasteiger partial charge in [0.1, 0.15) is 0 Å². The normalized spacial score (nSPS) is 11.1. The Kier molecular flexibility index (Phi) is 4.24. The summed E-state index contributed by atoms with van der Waals surface area (Å²) in [5, 5.41) is 0. The molecule has 0 bridgehead atoms. The monoisotopic (exact) mass is 280 g/mol. The van der Waals surface area contributed by atoms with Gasteiger partial charge in [-0.1, -0.05) is 0 Å². The summed E-state index contributed by atoms with van der Waals surface area (Å²) in [7, 11) is 1.11. The van der Waals surface area contributed by atoms with Crippen molar-refractivity contribution in [3.8, 4) is 0 Å². The van der Waals surface area contributed by atoms with Crippen LogP contribution in [-0.2, 0) is 9.53 Å². The topological polar surface area (TPSA) is 26.3 Å². The molecule has 82 valence electrons. The molecule has 0 saturated carbocycles. The van der Waals surface area contributed by atoms with Gasteiger partial charge in [0.25, 0.3) is 0 Å². The van der Waals surface area contributed by atoms with E-state index >= 15 is 0 Å². The van der Waals surface area contributed by atoms with Gasteiger partial charge in [-0.05, 0) is 0 Å². The van der Waals surface area contributed by atoms with Crippen molar-refractivity contribution in [2.45, 2.75) is 11.2 Å². The zero-order chi connectivity index (χ0) is 11.3. The van der Waals surface area contributed by atoms with Crippen LogP contribution in [0.3, 0.4) is 0 Å². The fourth-order valence-electron chi connectivity index (χ4n) is 0.937. The molecule has 15 heavy (non-hydrogen) atoms. The Hall–Kier alpha value is -0.931. The second kappa shape index (κ2) is 5.24. The van der Waals surface area contributed by atoms with Crippen LogP contribution in [-0.4, -0.2) is 32.9 Å². The molecule has 0 spiro atoms. The molecule has 0 atom stereocenters. The summed E-state index contributed by atoms with van der Waals surface area (Å²) in [6.45, 7) is 0. The first-order valence-corrected chi connectivity index (χ1v) is 5.93. The van der Waals surface area contributed by atoms with Gasteiger partial charge in [-0.3, -0.25) is 0 Å². The molecule has 0 amide bonds. The summed E-state index contributed by atoms with van der Waals surface area (Å²) < 4.78 is 31.3. The van der Waals surface area contributed by atoms with Crippen molar-refractivity contribution in [3.05, 3.63) is 30.3 Å². The fourth-order valence-corrected chi connectivity index (χ4v) is 2.67. The summed E-state index contributed by atoms with van der Waals surface area (Å²) in [6.07, 6.45) is -0.849. The van der Waals surface area contributed by atoms with Gasteiger partial charge < -0.3 is 0 Å². The molecule has 0 aliphatic carbocycles. The third kappa shape index (κ3) is 4.40. The summed E-state index contributed by atoms with van der Waals surface area (Å²) in [5.41, 5.74) is 0. The molecule has 0 saturated heterocycles. The Labute approximate surface area is 92.8 Å². The van der Waals surface area contributed by atoms with Crippen LogP contribution in [0, 0.1) is 0 Å². The van der Waals surface area contributed by atoms with Gasteiger partial charge in [-0.15, -0.1) is 0 Å². The average Bonchev–Trinajstić information content (AvgIpc) is 2.17. The first kappa shape index (κ1) is 12.1. The van der Waals surface area contributed by atoms with Gasteiger partial charge >= 0.3 is 92.4 Å². The van der Waals surface area contributed by atoms with Crippen molar-refractivity contribution >= 4 is 25.4 Å². The number of alkyl halides is 2. The van der Waals surface area contributed by atoms with E-state index in [1.807, 2.05) is 0 Å². The standard InChI is InChI=1S/C10H10F2O2Se/c1-14-9(13)7-10(11,12)15-8-5-3-2-4-6-8/h2-6H,7H2,1H3. The number of carbonyl (C=O) groups is 1. The zero-order valence-corrected chi connectivity index (χ0v) is 9.79. The molecule has 1 rings (SSSR count). The number of carbonyl (C=O) groups excluding carboxylic acids is 1. The van der Waals surface area contributed by atoms with Crippen LogP contribution in [0.5, 0.6) is 0 Å². The van der Waals surface area contributed by atoms with E-state index in [4.69, 9.17) is 0 Å². The van der Waals surface area contributed by atoms with Crippen LogP contribution in [0.15, 0.2) is 30.3 Å². The first-order valence-electron chi connectivity index (χ1n) is 4.22. The number of rotatable bonds is 4. The number of halogens is 2. The van der Waals surface area contributed by atoms with Crippen molar-refractivity contribution in [3.63, 3.8) is 0 Å². The van der Waals surface area contributed by atoms with Crippen LogP contribution in [0.2, 0.25) is 0 Å². The zero-order valence-electron chi connectivity index (χ0n) is 8.07. The molecule has 0 aliphatic heterocycles. The minimum absolute atomic E-state index is 0.568. The van der Waals surface area contributed by atoms with Crippen LogP contribution >= 0.6 is 0 Å². The maximum atomic E-state index is 13.3. The maximum absolute atomic E-state index is 13.3. The van der Waals surface area contributed by atoms with Crippen LogP contribution in [0.4, 0.5) is 8.78 Å². The van der Waals surface area contributed by atoms with E-state index in [0.717, 1.165) is 7.11 Å². The van der Waals surface area contributed by atoms with Gasteiger partial charge in [-0.25, -0.2) is 0 Å². The molecular weight excluding hydrogens is 269 g/mol. The first-order chi connectivity index (χ1) is 7.03. The number of esters is 1. The quantitative estimate of drug-likeness (QED) is 0.611. The van der Waals surface area contributed by atoms with Gasteiger partial charge in [0.05, 0.1) is 0 Å². The molecule has 2 nitrogen and oxygen atoms in total. The molecule has 0 heterocycles. The molecule has 0 N–H and O–H groups in total. The predicted octanol–water partition coefficient (Wildman–Crippen LogP) is 1.17. The van der Waals surface area contributed by atoms with Gasteiger partial charge in [0.15, 0.2) is 0 Å². The Morgan fingerprint density at radius 3 is 2.53 bits per heavy atom. The van der Waals surface area contributed by atoms with E-state index in [1.54, 1.807) is 30.3 Å². The van der Waals surface area contributed by atoms with Gasteiger partial charge in [0.2, 0.25) is 0 Å². The molecule has 0 radical (unpaired) electrons. The average molecular weight is 279 g/mol. The SMILES string of the molecule is COC(=O)CC(F)(F)[Se]c1ccccc1. The van der Waals surface area contributed by atoms with E-state index < -0.39 is 32.2 Å². The molecule has 0 unspecified atom stereocenters. The molecule has 0 aliphatic rings. The van der Waals surface area contributed by atoms with E-state index in [-0.39, 0.29) is 0 Å². The number of benzene rings is 1. The van der Waals surface area contributed by atoms with Crippen LogP contribution < -0.4 is 4.46 Å². The Morgan fingerprint density at radius 2 is 2.00 bits per heavy atom. The molecular formula is C10H10F2O2Se. The number of hydrogen-bond donors (Lipinski definition) is 0. The summed E-state index contributed by atoms with van der Waals surface area (Å²) >= 11 is -1.04. The molecule has 0 aromatic heterocycles. The third-order valence-electron chi connectivity index (χ3n) is 1.59. The fraction of sp³-hybridized carbons (Fsp3) is 0.300. The second-order valence-electron chi connectivity index (χ2n) is 2.81. The van der Waals surface area contributed by atoms with E-state index in [0.29, 0.717) is 4.46 Å². The molecule has 1 aromatic rings. The summed E-state index contributed by atoms with van der Waals surface area (Å²) in [5.74, 6) is -0.877.